The van der Waals surface area contributed by atoms with Crippen LogP contribution in [0.4, 0.5) is 4.79 Å². The molecule has 1 N–H and O–H groups in total. The Labute approximate surface area is 161 Å². The average Bonchev–Trinajstić information content (AvgIpc) is 3.32. The zero-order valence-electron chi connectivity index (χ0n) is 16.4. The Hall–Kier alpha value is -1.60. The third kappa shape index (κ3) is 4.29. The van der Waals surface area contributed by atoms with Crippen LogP contribution in [0.1, 0.15) is 62.4 Å². The molecule has 2 saturated heterocycles. The highest BCUT2D eigenvalue weighted by Crippen LogP contribution is 2.34. The number of nitrogens with one attached hydrogen (secondary N) is 1. The SMILES string of the molecule is Cc1cc([C@H]2CCCN2C(=O)NC2(CN3CCOCC3)CCCCC2)no1. The fraction of sp³-hybridized carbons (Fsp3) is 0.800. The first-order valence-corrected chi connectivity index (χ1v) is 10.5. The molecule has 1 saturated carbocycles. The van der Waals surface area contributed by atoms with Crippen LogP contribution in [-0.4, -0.2) is 65.9 Å². The maximum atomic E-state index is 13.3. The van der Waals surface area contributed by atoms with Gasteiger partial charge in [-0.2, -0.15) is 0 Å². The monoisotopic (exact) mass is 376 g/mol. The molecule has 7 nitrogen and oxygen atoms in total. The van der Waals surface area contributed by atoms with E-state index >= 15 is 0 Å². The molecule has 1 aliphatic carbocycles. The third-order valence-corrected chi connectivity index (χ3v) is 6.31. The zero-order chi connectivity index (χ0) is 18.7. The predicted octanol–water partition coefficient (Wildman–Crippen LogP) is 2.86. The summed E-state index contributed by atoms with van der Waals surface area (Å²) >= 11 is 0. The molecule has 0 aromatic carbocycles. The summed E-state index contributed by atoms with van der Waals surface area (Å²) in [6, 6.07) is 2.06. The number of likely N-dealkylation sites (tertiary alicyclic amines) is 1. The summed E-state index contributed by atoms with van der Waals surface area (Å²) in [4.78, 5) is 17.7. The van der Waals surface area contributed by atoms with Crippen LogP contribution in [0.15, 0.2) is 10.6 Å². The minimum Gasteiger partial charge on any atom is -0.379 e. The van der Waals surface area contributed by atoms with E-state index in [1.165, 1.54) is 19.3 Å². The van der Waals surface area contributed by atoms with E-state index in [4.69, 9.17) is 9.26 Å². The van der Waals surface area contributed by atoms with E-state index in [-0.39, 0.29) is 17.6 Å². The number of rotatable bonds is 4. The van der Waals surface area contributed by atoms with Gasteiger partial charge in [0.2, 0.25) is 0 Å². The lowest BCUT2D eigenvalue weighted by Gasteiger charge is -2.43. The van der Waals surface area contributed by atoms with Crippen LogP contribution in [-0.2, 0) is 4.74 Å². The molecule has 150 valence electrons. The summed E-state index contributed by atoms with van der Waals surface area (Å²) in [5.74, 6) is 0.799. The summed E-state index contributed by atoms with van der Waals surface area (Å²) < 4.78 is 10.7. The smallest absolute Gasteiger partial charge is 0.318 e. The van der Waals surface area contributed by atoms with Gasteiger partial charge in [-0.1, -0.05) is 24.4 Å². The Balaban J connectivity index is 1.45. The molecule has 0 unspecified atom stereocenters. The van der Waals surface area contributed by atoms with E-state index in [1.54, 1.807) is 0 Å². The Morgan fingerprint density at radius 1 is 1.22 bits per heavy atom. The number of carbonyl (C=O) groups is 1. The molecule has 0 spiro atoms. The molecular formula is C20H32N4O3. The average molecular weight is 377 g/mol. The van der Waals surface area contributed by atoms with Crippen molar-refractivity contribution < 1.29 is 14.1 Å². The lowest BCUT2D eigenvalue weighted by atomic mass is 9.81. The number of carbonyl (C=O) groups excluding carboxylic acids is 1. The van der Waals surface area contributed by atoms with Gasteiger partial charge < -0.3 is 19.5 Å². The number of urea groups is 1. The number of hydrogen-bond donors (Lipinski definition) is 1. The van der Waals surface area contributed by atoms with Gasteiger partial charge in [-0.05, 0) is 32.6 Å². The van der Waals surface area contributed by atoms with Gasteiger partial charge in [-0.25, -0.2) is 4.79 Å². The Bertz CT molecular complexity index is 635. The summed E-state index contributed by atoms with van der Waals surface area (Å²) in [5, 5.41) is 7.64. The van der Waals surface area contributed by atoms with E-state index in [0.717, 1.165) is 76.5 Å². The van der Waals surface area contributed by atoms with Crippen molar-refractivity contribution in [1.82, 2.24) is 20.3 Å². The summed E-state index contributed by atoms with van der Waals surface area (Å²) in [6.45, 7) is 7.13. The Morgan fingerprint density at radius 3 is 2.70 bits per heavy atom. The third-order valence-electron chi connectivity index (χ3n) is 6.31. The minimum absolute atomic E-state index is 0.0338. The largest absolute Gasteiger partial charge is 0.379 e. The first-order valence-electron chi connectivity index (χ1n) is 10.5. The second kappa shape index (κ2) is 8.19. The van der Waals surface area contributed by atoms with Crippen molar-refractivity contribution >= 4 is 6.03 Å². The fourth-order valence-electron chi connectivity index (χ4n) is 4.90. The second-order valence-corrected chi connectivity index (χ2v) is 8.37. The highest BCUT2D eigenvalue weighted by Gasteiger charge is 2.39. The van der Waals surface area contributed by atoms with Crippen molar-refractivity contribution in [1.29, 1.82) is 0 Å². The summed E-state index contributed by atoms with van der Waals surface area (Å²) in [5.41, 5.74) is 0.769. The van der Waals surface area contributed by atoms with Crippen molar-refractivity contribution in [3.63, 3.8) is 0 Å². The lowest BCUT2D eigenvalue weighted by Crippen LogP contribution is -2.60. The molecule has 1 aromatic heterocycles. The molecule has 7 heteroatoms. The van der Waals surface area contributed by atoms with E-state index < -0.39 is 0 Å². The lowest BCUT2D eigenvalue weighted by molar-refractivity contribution is 0.0189. The quantitative estimate of drug-likeness (QED) is 0.875. The van der Waals surface area contributed by atoms with Gasteiger partial charge >= 0.3 is 6.03 Å². The van der Waals surface area contributed by atoms with Gasteiger partial charge in [0.05, 0.1) is 24.8 Å². The van der Waals surface area contributed by atoms with Crippen molar-refractivity contribution in [3.8, 4) is 0 Å². The first-order chi connectivity index (χ1) is 13.2. The molecule has 0 bridgehead atoms. The fourth-order valence-corrected chi connectivity index (χ4v) is 4.90. The topological polar surface area (TPSA) is 70.8 Å². The maximum Gasteiger partial charge on any atom is 0.318 e. The molecular weight excluding hydrogens is 344 g/mol. The van der Waals surface area contributed by atoms with Crippen LogP contribution in [0.5, 0.6) is 0 Å². The molecule has 3 heterocycles. The number of amides is 2. The van der Waals surface area contributed by atoms with Gasteiger partial charge in [0, 0.05) is 32.2 Å². The molecule has 27 heavy (non-hydrogen) atoms. The second-order valence-electron chi connectivity index (χ2n) is 8.37. The van der Waals surface area contributed by atoms with Gasteiger partial charge in [-0.3, -0.25) is 4.90 Å². The highest BCUT2D eigenvalue weighted by atomic mass is 16.5. The number of aryl methyl sites for hydroxylation is 1. The normalized spacial score (nSPS) is 26.3. The van der Waals surface area contributed by atoms with Gasteiger partial charge in [-0.15, -0.1) is 0 Å². The number of ether oxygens (including phenoxy) is 1. The first kappa shape index (κ1) is 18.7. The molecule has 1 aromatic rings. The van der Waals surface area contributed by atoms with E-state index in [1.807, 2.05) is 17.9 Å². The molecule has 1 atom stereocenters. The van der Waals surface area contributed by atoms with Crippen LogP contribution >= 0.6 is 0 Å². The van der Waals surface area contributed by atoms with Crippen LogP contribution in [0.3, 0.4) is 0 Å². The number of morpholine rings is 1. The van der Waals surface area contributed by atoms with E-state index in [2.05, 4.69) is 15.4 Å². The number of nitrogens with zero attached hydrogens (tertiary/aromatic N) is 3. The van der Waals surface area contributed by atoms with Crippen molar-refractivity contribution in [2.75, 3.05) is 39.4 Å². The predicted molar refractivity (Wildman–Crippen MR) is 102 cm³/mol. The summed E-state index contributed by atoms with van der Waals surface area (Å²) in [7, 11) is 0. The van der Waals surface area contributed by atoms with Gasteiger partial charge in [0.1, 0.15) is 11.5 Å². The molecule has 2 amide bonds. The van der Waals surface area contributed by atoms with Gasteiger partial charge in [0.25, 0.3) is 0 Å². The summed E-state index contributed by atoms with van der Waals surface area (Å²) in [6.07, 6.45) is 7.75. The van der Waals surface area contributed by atoms with Crippen molar-refractivity contribution in [3.05, 3.63) is 17.5 Å². The van der Waals surface area contributed by atoms with Gasteiger partial charge in [0.15, 0.2) is 0 Å². The van der Waals surface area contributed by atoms with Crippen LogP contribution in [0.25, 0.3) is 0 Å². The Morgan fingerprint density at radius 2 is 2.00 bits per heavy atom. The van der Waals surface area contributed by atoms with Crippen molar-refractivity contribution in [2.24, 2.45) is 0 Å². The number of aromatic nitrogens is 1. The van der Waals surface area contributed by atoms with Crippen molar-refractivity contribution in [2.45, 2.75) is 63.5 Å². The highest BCUT2D eigenvalue weighted by molar-refractivity contribution is 5.76. The Kier molecular flexibility index (Phi) is 5.68. The van der Waals surface area contributed by atoms with Crippen LogP contribution < -0.4 is 5.32 Å². The molecule has 0 radical (unpaired) electrons. The van der Waals surface area contributed by atoms with E-state index in [0.29, 0.717) is 0 Å². The molecule has 2 aliphatic heterocycles. The van der Waals surface area contributed by atoms with Crippen LogP contribution in [0, 0.1) is 6.92 Å². The standard InChI is InChI=1S/C20H32N4O3/c1-16-14-17(22-27-16)18-6-5-9-24(18)19(25)21-20(7-3-2-4-8-20)15-23-10-12-26-13-11-23/h14,18H,2-13,15H2,1H3,(H,21,25)/t18-/m1/s1. The van der Waals surface area contributed by atoms with Crippen LogP contribution in [0.2, 0.25) is 0 Å². The molecule has 3 fully saturated rings. The molecule has 3 aliphatic rings. The van der Waals surface area contributed by atoms with E-state index in [9.17, 15) is 4.79 Å². The minimum atomic E-state index is -0.112. The number of hydrogen-bond acceptors (Lipinski definition) is 5. The molecule has 4 rings (SSSR count). The zero-order valence-corrected chi connectivity index (χ0v) is 16.4. The maximum absolute atomic E-state index is 13.3.